The molecule has 10 nitrogen and oxygen atoms in total. The molecule has 3 aromatic rings. The number of carbonyl (C=O) groups is 1. The van der Waals surface area contributed by atoms with Crippen molar-refractivity contribution in [1.82, 2.24) is 19.2 Å². The van der Waals surface area contributed by atoms with Gasteiger partial charge in [0.1, 0.15) is 33.0 Å². The number of ketones is 1. The molecule has 0 radical (unpaired) electrons. The molecule has 1 aliphatic rings. The third-order valence-electron chi connectivity index (χ3n) is 6.51. The van der Waals surface area contributed by atoms with E-state index >= 15 is 0 Å². The Labute approximate surface area is 244 Å². The van der Waals surface area contributed by atoms with Gasteiger partial charge in [-0.15, -0.1) is 0 Å². The van der Waals surface area contributed by atoms with Crippen molar-refractivity contribution in [1.29, 1.82) is 0 Å². The fourth-order valence-electron chi connectivity index (χ4n) is 4.24. The third kappa shape index (κ3) is 6.60. The highest BCUT2D eigenvalue weighted by atomic mass is 79.9. The first-order valence-electron chi connectivity index (χ1n) is 12.4. The number of hydrogen-bond donors (Lipinski definition) is 2. The van der Waals surface area contributed by atoms with Crippen molar-refractivity contribution in [2.45, 2.75) is 23.8 Å². The third-order valence-corrected chi connectivity index (χ3v) is 9.96. The molecule has 3 heterocycles. The van der Waals surface area contributed by atoms with Crippen LogP contribution in [0.2, 0.25) is 0 Å². The number of nitrogens with zero attached hydrogens (tertiary/aromatic N) is 5. The summed E-state index contributed by atoms with van der Waals surface area (Å²) in [7, 11) is 2.09. The summed E-state index contributed by atoms with van der Waals surface area (Å²) in [5, 5.41) is 3.50. The van der Waals surface area contributed by atoms with E-state index < -0.39 is 33.0 Å². The van der Waals surface area contributed by atoms with Crippen molar-refractivity contribution < 1.29 is 22.0 Å². The van der Waals surface area contributed by atoms with Gasteiger partial charge < -0.3 is 20.9 Å². The van der Waals surface area contributed by atoms with E-state index in [4.69, 9.17) is 5.73 Å². The van der Waals surface area contributed by atoms with E-state index in [2.05, 4.69) is 36.1 Å². The standard InChI is InChI=1S/C25H30BrF2N7O3S2/c1-33(2)11-12-34(3)24-17(26)13-16(14-30-24)40(37,38)35-9-7-15(8-10-35)31-25-32-23(29)22(39-25)21(36)20-18(27)5-4-6-19(20)28/h4-6,13-15H,7-12,29H2,1-3H3,(H,31,32). The number of aromatic nitrogens is 2. The Morgan fingerprint density at radius 2 is 1.85 bits per heavy atom. The molecular formula is C25H30BrF2N7O3S2. The number of pyridine rings is 1. The Morgan fingerprint density at radius 3 is 2.45 bits per heavy atom. The quantitative estimate of drug-likeness (QED) is 0.314. The molecule has 0 saturated carbocycles. The predicted octanol–water partition coefficient (Wildman–Crippen LogP) is 3.66. The summed E-state index contributed by atoms with van der Waals surface area (Å²) in [6.07, 6.45) is 2.33. The minimum absolute atomic E-state index is 0.0691. The van der Waals surface area contributed by atoms with Gasteiger partial charge in [-0.3, -0.25) is 4.79 Å². The Balaban J connectivity index is 1.39. The van der Waals surface area contributed by atoms with Crippen LogP contribution >= 0.6 is 27.3 Å². The Bertz CT molecular complexity index is 1480. The van der Waals surface area contributed by atoms with Crippen LogP contribution < -0.4 is 16.0 Å². The van der Waals surface area contributed by atoms with Gasteiger partial charge in [0.05, 0.1) is 10.0 Å². The molecule has 1 saturated heterocycles. The van der Waals surface area contributed by atoms with Crippen molar-refractivity contribution in [3.63, 3.8) is 0 Å². The zero-order valence-electron chi connectivity index (χ0n) is 22.2. The molecule has 0 aliphatic carbocycles. The van der Waals surface area contributed by atoms with E-state index in [1.807, 2.05) is 26.0 Å². The van der Waals surface area contributed by atoms with Gasteiger partial charge in [0.25, 0.3) is 0 Å². The van der Waals surface area contributed by atoms with Crippen LogP contribution in [0.4, 0.5) is 25.5 Å². The second-order valence-electron chi connectivity index (χ2n) is 9.68. The van der Waals surface area contributed by atoms with Crippen molar-refractivity contribution >= 4 is 59.8 Å². The van der Waals surface area contributed by atoms with E-state index in [1.165, 1.54) is 16.6 Å². The first-order chi connectivity index (χ1) is 18.9. The lowest BCUT2D eigenvalue weighted by atomic mass is 10.1. The molecule has 216 valence electrons. The average Bonchev–Trinajstić information content (AvgIpc) is 3.27. The van der Waals surface area contributed by atoms with Gasteiger partial charge in [-0.1, -0.05) is 17.4 Å². The van der Waals surface area contributed by atoms with Crippen molar-refractivity contribution in [3.05, 3.63) is 57.0 Å². The first kappa shape index (κ1) is 30.2. The van der Waals surface area contributed by atoms with Gasteiger partial charge in [-0.25, -0.2) is 27.2 Å². The molecule has 1 fully saturated rings. The van der Waals surface area contributed by atoms with Crippen LogP contribution in [0, 0.1) is 11.6 Å². The predicted molar refractivity (Wildman–Crippen MR) is 155 cm³/mol. The summed E-state index contributed by atoms with van der Waals surface area (Å²) in [5.74, 6) is -2.31. The number of rotatable bonds is 10. The highest BCUT2D eigenvalue weighted by Gasteiger charge is 2.31. The van der Waals surface area contributed by atoms with Crippen molar-refractivity contribution in [2.24, 2.45) is 0 Å². The summed E-state index contributed by atoms with van der Waals surface area (Å²) >= 11 is 4.37. The molecule has 0 atom stereocenters. The Kier molecular flexibility index (Phi) is 9.40. The second-order valence-corrected chi connectivity index (χ2v) is 13.5. The lowest BCUT2D eigenvalue weighted by Crippen LogP contribution is -2.42. The molecule has 1 aliphatic heterocycles. The van der Waals surface area contributed by atoms with Crippen LogP contribution in [0.25, 0.3) is 0 Å². The summed E-state index contributed by atoms with van der Waals surface area (Å²) in [6, 6.07) is 4.62. The molecule has 40 heavy (non-hydrogen) atoms. The number of benzene rings is 1. The van der Waals surface area contributed by atoms with E-state index in [1.54, 1.807) is 6.07 Å². The second kappa shape index (κ2) is 12.4. The number of piperidine rings is 1. The van der Waals surface area contributed by atoms with Crippen LogP contribution in [0.1, 0.15) is 28.1 Å². The maximum absolute atomic E-state index is 14.1. The van der Waals surface area contributed by atoms with Gasteiger partial charge in [-0.2, -0.15) is 4.31 Å². The maximum Gasteiger partial charge on any atom is 0.244 e. The molecule has 0 bridgehead atoms. The number of nitrogens with one attached hydrogen (secondary N) is 1. The van der Waals surface area contributed by atoms with Gasteiger partial charge >= 0.3 is 0 Å². The SMILES string of the molecule is CN(C)CCN(C)c1ncc(S(=O)(=O)N2CCC(Nc3nc(N)c(C(=O)c4c(F)cccc4F)s3)CC2)cc1Br. The summed E-state index contributed by atoms with van der Waals surface area (Å²) < 4.78 is 56.8. The summed E-state index contributed by atoms with van der Waals surface area (Å²) in [5.41, 5.74) is 5.21. The van der Waals surface area contributed by atoms with E-state index in [0.717, 1.165) is 36.6 Å². The lowest BCUT2D eigenvalue weighted by molar-refractivity contribution is 0.103. The van der Waals surface area contributed by atoms with Crippen LogP contribution in [-0.4, -0.2) is 86.7 Å². The van der Waals surface area contributed by atoms with E-state index in [0.29, 0.717) is 28.3 Å². The maximum atomic E-state index is 14.1. The Hall–Kier alpha value is -2.72. The van der Waals surface area contributed by atoms with Gasteiger partial charge in [0.15, 0.2) is 5.13 Å². The first-order valence-corrected chi connectivity index (χ1v) is 15.5. The average molecular weight is 659 g/mol. The number of nitrogens with two attached hydrogens (primary N) is 1. The van der Waals surface area contributed by atoms with Crippen LogP contribution in [-0.2, 0) is 10.0 Å². The van der Waals surface area contributed by atoms with E-state index in [-0.39, 0.29) is 34.7 Å². The minimum atomic E-state index is -3.76. The zero-order valence-corrected chi connectivity index (χ0v) is 25.4. The van der Waals surface area contributed by atoms with Gasteiger partial charge in [0, 0.05) is 45.5 Å². The lowest BCUT2D eigenvalue weighted by Gasteiger charge is -2.31. The molecule has 1 aromatic carbocycles. The molecule has 3 N–H and O–H groups in total. The number of halogens is 3. The topological polar surface area (TPSA) is 125 Å². The summed E-state index contributed by atoms with van der Waals surface area (Å²) in [6.45, 7) is 2.07. The number of anilines is 3. The number of carbonyl (C=O) groups excluding carboxylic acids is 1. The molecule has 0 spiro atoms. The number of hydrogen-bond acceptors (Lipinski definition) is 10. The highest BCUT2D eigenvalue weighted by molar-refractivity contribution is 9.10. The van der Waals surface area contributed by atoms with Crippen LogP contribution in [0.3, 0.4) is 0 Å². The molecule has 2 aromatic heterocycles. The zero-order chi connectivity index (χ0) is 29.2. The van der Waals surface area contributed by atoms with Gasteiger partial charge in [-0.05, 0) is 61.1 Å². The smallest absolute Gasteiger partial charge is 0.244 e. The summed E-state index contributed by atoms with van der Waals surface area (Å²) in [4.78, 5) is 25.3. The van der Waals surface area contributed by atoms with Crippen molar-refractivity contribution in [3.8, 4) is 0 Å². The van der Waals surface area contributed by atoms with Crippen LogP contribution in [0.5, 0.6) is 0 Å². The molecule has 0 unspecified atom stereocenters. The number of sulfonamides is 1. The number of likely N-dealkylation sites (N-methyl/N-ethyl adjacent to an activating group) is 2. The Morgan fingerprint density at radius 1 is 1.20 bits per heavy atom. The van der Waals surface area contributed by atoms with Crippen molar-refractivity contribution in [2.75, 3.05) is 63.3 Å². The fourth-order valence-corrected chi connectivity index (χ4v) is 7.39. The molecular weight excluding hydrogens is 628 g/mol. The molecule has 15 heteroatoms. The largest absolute Gasteiger partial charge is 0.382 e. The number of thiazole rings is 1. The molecule has 0 amide bonds. The monoisotopic (exact) mass is 657 g/mol. The van der Waals surface area contributed by atoms with Gasteiger partial charge in [0.2, 0.25) is 15.8 Å². The molecule has 4 rings (SSSR count). The van der Waals surface area contributed by atoms with E-state index in [9.17, 15) is 22.0 Å². The number of nitrogen functional groups attached to an aromatic ring is 1. The fraction of sp³-hybridized carbons (Fsp3) is 0.400. The minimum Gasteiger partial charge on any atom is -0.382 e. The highest BCUT2D eigenvalue weighted by Crippen LogP contribution is 2.32. The van der Waals surface area contributed by atoms with Crippen LogP contribution in [0.15, 0.2) is 39.8 Å². The normalized spacial score (nSPS) is 15.0.